The van der Waals surface area contributed by atoms with Gasteiger partial charge in [-0.05, 0) is 24.1 Å². The van der Waals surface area contributed by atoms with E-state index < -0.39 is 0 Å². The van der Waals surface area contributed by atoms with Gasteiger partial charge < -0.3 is 14.8 Å². The van der Waals surface area contributed by atoms with Crippen LogP contribution in [0.3, 0.4) is 0 Å². The highest BCUT2D eigenvalue weighted by Gasteiger charge is 2.11. The zero-order valence-corrected chi connectivity index (χ0v) is 10.7. The van der Waals surface area contributed by atoms with Gasteiger partial charge in [0.05, 0.1) is 11.8 Å². The van der Waals surface area contributed by atoms with Crippen LogP contribution in [-0.4, -0.2) is 22.5 Å². The van der Waals surface area contributed by atoms with Crippen LogP contribution in [0, 0.1) is 0 Å². The van der Waals surface area contributed by atoms with E-state index in [2.05, 4.69) is 10.3 Å². The van der Waals surface area contributed by atoms with E-state index in [9.17, 15) is 9.90 Å². The number of nitrogens with zero attached hydrogens (tertiary/aromatic N) is 1. The number of aryl methyl sites for hydroxylation is 1. The molecule has 19 heavy (non-hydrogen) atoms. The molecule has 0 saturated carbocycles. The van der Waals surface area contributed by atoms with Crippen LogP contribution in [0.25, 0.3) is 0 Å². The summed E-state index contributed by atoms with van der Waals surface area (Å²) in [5, 5.41) is 12.4. The van der Waals surface area contributed by atoms with Crippen molar-refractivity contribution in [3.8, 4) is 5.75 Å². The Labute approximate surface area is 111 Å². The van der Waals surface area contributed by atoms with E-state index in [-0.39, 0.29) is 11.7 Å². The number of hydrogen-bond donors (Lipinski definition) is 2. The molecule has 1 heterocycles. The van der Waals surface area contributed by atoms with Crippen molar-refractivity contribution in [2.45, 2.75) is 19.8 Å². The lowest BCUT2D eigenvalue weighted by molar-refractivity contribution is 0.0951. The standard InChI is InChI=1S/C14H16N2O3/c1-2-10-3-4-13(17)12(7-10)14(18)16-6-5-11-8-15-9-19-11/h3-4,7-9,17H,2,5-6H2,1H3,(H,16,18). The van der Waals surface area contributed by atoms with Gasteiger partial charge in [-0.15, -0.1) is 0 Å². The van der Waals surface area contributed by atoms with Crippen LogP contribution >= 0.6 is 0 Å². The predicted octanol–water partition coefficient (Wildman–Crippen LogP) is 1.92. The molecule has 0 aliphatic carbocycles. The van der Waals surface area contributed by atoms with Gasteiger partial charge in [-0.3, -0.25) is 4.79 Å². The average Bonchev–Trinajstić information content (AvgIpc) is 2.92. The number of oxazole rings is 1. The van der Waals surface area contributed by atoms with E-state index in [4.69, 9.17) is 4.42 Å². The van der Waals surface area contributed by atoms with Crippen LogP contribution in [0.2, 0.25) is 0 Å². The van der Waals surface area contributed by atoms with Crippen LogP contribution in [0.15, 0.2) is 35.2 Å². The highest BCUT2D eigenvalue weighted by Crippen LogP contribution is 2.18. The Morgan fingerprint density at radius 1 is 1.47 bits per heavy atom. The third-order valence-electron chi connectivity index (χ3n) is 2.85. The van der Waals surface area contributed by atoms with Crippen LogP contribution in [0.5, 0.6) is 5.75 Å². The minimum atomic E-state index is -0.285. The molecule has 1 amide bonds. The fourth-order valence-corrected chi connectivity index (χ4v) is 1.75. The van der Waals surface area contributed by atoms with Crippen molar-refractivity contribution in [1.82, 2.24) is 10.3 Å². The molecule has 5 heteroatoms. The van der Waals surface area contributed by atoms with Crippen LogP contribution in [0.4, 0.5) is 0 Å². The second-order valence-corrected chi connectivity index (χ2v) is 4.18. The highest BCUT2D eigenvalue weighted by atomic mass is 16.3. The maximum absolute atomic E-state index is 11.9. The zero-order valence-electron chi connectivity index (χ0n) is 10.7. The highest BCUT2D eigenvalue weighted by molar-refractivity contribution is 5.96. The number of rotatable bonds is 5. The van der Waals surface area contributed by atoms with Crippen molar-refractivity contribution in [3.63, 3.8) is 0 Å². The second kappa shape index (κ2) is 6.04. The van der Waals surface area contributed by atoms with Crippen LogP contribution in [-0.2, 0) is 12.8 Å². The fourth-order valence-electron chi connectivity index (χ4n) is 1.75. The summed E-state index contributed by atoms with van der Waals surface area (Å²) in [4.78, 5) is 15.7. The first-order valence-corrected chi connectivity index (χ1v) is 6.18. The molecular formula is C14H16N2O3. The van der Waals surface area contributed by atoms with E-state index in [1.54, 1.807) is 24.4 Å². The summed E-state index contributed by atoms with van der Waals surface area (Å²) in [6.07, 6.45) is 4.35. The molecular weight excluding hydrogens is 244 g/mol. The number of amides is 1. The monoisotopic (exact) mass is 260 g/mol. The third kappa shape index (κ3) is 3.34. The number of carbonyl (C=O) groups is 1. The first-order valence-electron chi connectivity index (χ1n) is 6.18. The van der Waals surface area contributed by atoms with Crippen LogP contribution in [0.1, 0.15) is 28.6 Å². The predicted molar refractivity (Wildman–Crippen MR) is 70.0 cm³/mol. The minimum absolute atomic E-state index is 0.00522. The normalized spacial score (nSPS) is 10.4. The van der Waals surface area contributed by atoms with Crippen molar-refractivity contribution < 1.29 is 14.3 Å². The van der Waals surface area contributed by atoms with Crippen molar-refractivity contribution in [2.75, 3.05) is 6.54 Å². The Morgan fingerprint density at radius 2 is 2.32 bits per heavy atom. The number of phenolic OH excluding ortho intramolecular Hbond substituents is 1. The summed E-state index contributed by atoms with van der Waals surface area (Å²) in [7, 11) is 0. The Bertz CT molecular complexity index is 550. The van der Waals surface area contributed by atoms with Crippen molar-refractivity contribution in [3.05, 3.63) is 47.7 Å². The van der Waals surface area contributed by atoms with E-state index >= 15 is 0 Å². The molecule has 0 unspecified atom stereocenters. The summed E-state index contributed by atoms with van der Waals surface area (Å²) >= 11 is 0. The Hall–Kier alpha value is -2.30. The molecule has 0 spiro atoms. The van der Waals surface area contributed by atoms with E-state index in [0.717, 1.165) is 12.0 Å². The first kappa shape index (κ1) is 13.1. The van der Waals surface area contributed by atoms with Gasteiger partial charge in [-0.2, -0.15) is 0 Å². The average molecular weight is 260 g/mol. The Kier molecular flexibility index (Phi) is 4.18. The molecule has 0 bridgehead atoms. The Balaban J connectivity index is 1.95. The fraction of sp³-hybridized carbons (Fsp3) is 0.286. The lowest BCUT2D eigenvalue weighted by Crippen LogP contribution is -2.25. The van der Waals surface area contributed by atoms with Gasteiger partial charge >= 0.3 is 0 Å². The largest absolute Gasteiger partial charge is 0.507 e. The molecule has 1 aromatic heterocycles. The van der Waals surface area contributed by atoms with Gasteiger partial charge in [-0.1, -0.05) is 13.0 Å². The number of aromatic hydroxyl groups is 1. The molecule has 0 atom stereocenters. The summed E-state index contributed by atoms with van der Waals surface area (Å²) in [6, 6.07) is 5.06. The van der Waals surface area contributed by atoms with Gasteiger partial charge in [-0.25, -0.2) is 4.98 Å². The number of carbonyl (C=O) groups excluding carboxylic acids is 1. The molecule has 2 aromatic rings. The van der Waals surface area contributed by atoms with Gasteiger partial charge in [0.1, 0.15) is 11.5 Å². The molecule has 0 aliphatic heterocycles. The number of aromatic nitrogens is 1. The van der Waals surface area contributed by atoms with E-state index in [1.165, 1.54) is 6.39 Å². The number of nitrogens with one attached hydrogen (secondary N) is 1. The minimum Gasteiger partial charge on any atom is -0.507 e. The lowest BCUT2D eigenvalue weighted by Gasteiger charge is -2.07. The van der Waals surface area contributed by atoms with Gasteiger partial charge in [0.2, 0.25) is 0 Å². The zero-order chi connectivity index (χ0) is 13.7. The van der Waals surface area contributed by atoms with Crippen LogP contribution < -0.4 is 5.32 Å². The number of benzene rings is 1. The van der Waals surface area contributed by atoms with Gasteiger partial charge in [0.15, 0.2) is 6.39 Å². The molecule has 0 fully saturated rings. The quantitative estimate of drug-likeness (QED) is 0.861. The summed E-state index contributed by atoms with van der Waals surface area (Å²) in [5.41, 5.74) is 1.31. The number of phenols is 1. The molecule has 100 valence electrons. The third-order valence-corrected chi connectivity index (χ3v) is 2.85. The van der Waals surface area contributed by atoms with Crippen molar-refractivity contribution in [2.24, 2.45) is 0 Å². The summed E-state index contributed by atoms with van der Waals surface area (Å²) in [6.45, 7) is 2.43. The molecule has 2 N–H and O–H groups in total. The smallest absolute Gasteiger partial charge is 0.255 e. The van der Waals surface area contributed by atoms with E-state index in [1.807, 2.05) is 6.92 Å². The van der Waals surface area contributed by atoms with Gasteiger partial charge in [0.25, 0.3) is 5.91 Å². The second-order valence-electron chi connectivity index (χ2n) is 4.18. The van der Waals surface area contributed by atoms with Crippen molar-refractivity contribution in [1.29, 1.82) is 0 Å². The summed E-state index contributed by atoms with van der Waals surface area (Å²) in [5.74, 6) is 0.425. The lowest BCUT2D eigenvalue weighted by atomic mass is 10.1. The van der Waals surface area contributed by atoms with Crippen molar-refractivity contribution >= 4 is 5.91 Å². The maximum atomic E-state index is 11.9. The maximum Gasteiger partial charge on any atom is 0.255 e. The molecule has 2 rings (SSSR count). The first-order chi connectivity index (χ1) is 9.20. The number of hydrogen-bond acceptors (Lipinski definition) is 4. The van der Waals surface area contributed by atoms with Gasteiger partial charge in [0, 0.05) is 13.0 Å². The molecule has 5 nitrogen and oxygen atoms in total. The molecule has 0 radical (unpaired) electrons. The molecule has 1 aromatic carbocycles. The molecule has 0 aliphatic rings. The topological polar surface area (TPSA) is 75.4 Å². The molecule has 0 saturated heterocycles. The summed E-state index contributed by atoms with van der Waals surface area (Å²) < 4.78 is 5.07. The van der Waals surface area contributed by atoms with E-state index in [0.29, 0.717) is 24.3 Å². The Morgan fingerprint density at radius 3 is 3.00 bits per heavy atom. The SMILES string of the molecule is CCc1ccc(O)c(C(=O)NCCc2cnco2)c1.